The van der Waals surface area contributed by atoms with Crippen molar-refractivity contribution in [3.05, 3.63) is 88.0 Å². The zero-order chi connectivity index (χ0) is 32.8. The second-order valence-electron chi connectivity index (χ2n) is 12.6. The van der Waals surface area contributed by atoms with Gasteiger partial charge in [0.25, 0.3) is 0 Å². The van der Waals surface area contributed by atoms with Gasteiger partial charge in [0.1, 0.15) is 5.75 Å². The summed E-state index contributed by atoms with van der Waals surface area (Å²) in [6, 6.07) is 18.5. The largest absolute Gasteiger partial charge is 0.504 e. The average Bonchev–Trinajstić information content (AvgIpc) is 3.07. The fraction of sp³-hybridized carbons (Fsp3) is 0.368. The summed E-state index contributed by atoms with van der Waals surface area (Å²) in [7, 11) is 10.8. The molecule has 47 heavy (non-hydrogen) atoms. The molecule has 0 amide bonds. The fourth-order valence-corrected chi connectivity index (χ4v) is 7.40. The van der Waals surface area contributed by atoms with Gasteiger partial charge < -0.3 is 33.5 Å². The van der Waals surface area contributed by atoms with Crippen molar-refractivity contribution in [1.29, 1.82) is 0 Å². The summed E-state index contributed by atoms with van der Waals surface area (Å²) < 4.78 is 36.7. The predicted molar refractivity (Wildman–Crippen MR) is 179 cm³/mol. The van der Waals surface area contributed by atoms with E-state index in [-0.39, 0.29) is 17.8 Å². The Labute approximate surface area is 276 Å². The van der Waals surface area contributed by atoms with Crippen molar-refractivity contribution in [2.45, 2.75) is 37.8 Å². The summed E-state index contributed by atoms with van der Waals surface area (Å²) in [6.45, 7) is 1.62. The number of fused-ring (bicyclic) bond motifs is 2. The van der Waals surface area contributed by atoms with E-state index in [1.165, 1.54) is 5.56 Å². The normalized spacial score (nSPS) is 19.0. The molecule has 0 aromatic heterocycles. The number of nitrogens with zero attached hydrogens (tertiary/aromatic N) is 2. The van der Waals surface area contributed by atoms with Crippen LogP contribution in [0.1, 0.15) is 45.5 Å². The molecule has 4 aliphatic heterocycles. The maximum absolute atomic E-state index is 11.7. The van der Waals surface area contributed by atoms with E-state index in [1.54, 1.807) is 28.4 Å². The van der Waals surface area contributed by atoms with E-state index in [0.717, 1.165) is 59.5 Å². The Morgan fingerprint density at radius 3 is 1.91 bits per heavy atom. The molecule has 9 nitrogen and oxygen atoms in total. The van der Waals surface area contributed by atoms with Gasteiger partial charge in [-0.15, -0.1) is 0 Å². The number of aromatic hydroxyl groups is 1. The lowest BCUT2D eigenvalue weighted by atomic mass is 9.87. The number of ether oxygens (including phenoxy) is 6. The first-order valence-electron chi connectivity index (χ1n) is 16.1. The lowest BCUT2D eigenvalue weighted by molar-refractivity contribution is 0.222. The van der Waals surface area contributed by atoms with Crippen LogP contribution in [0.2, 0.25) is 0 Å². The van der Waals surface area contributed by atoms with E-state index in [0.29, 0.717) is 53.1 Å². The molecular formula is C38H42N2O7. The Kier molecular flexibility index (Phi) is 8.28. The molecule has 0 saturated heterocycles. The predicted octanol–water partition coefficient (Wildman–Crippen LogP) is 6.87. The number of rotatable bonds is 4. The van der Waals surface area contributed by atoms with E-state index in [9.17, 15) is 5.11 Å². The van der Waals surface area contributed by atoms with Crippen molar-refractivity contribution in [2.75, 3.05) is 55.6 Å². The number of phenols is 1. The minimum Gasteiger partial charge on any atom is -0.504 e. The van der Waals surface area contributed by atoms with E-state index in [2.05, 4.69) is 48.2 Å². The summed E-state index contributed by atoms with van der Waals surface area (Å²) in [6.07, 6.45) is 2.89. The third-order valence-corrected chi connectivity index (χ3v) is 9.99. The van der Waals surface area contributed by atoms with Gasteiger partial charge in [-0.25, -0.2) is 0 Å². The Morgan fingerprint density at radius 2 is 1.26 bits per heavy atom. The lowest BCUT2D eigenvalue weighted by Gasteiger charge is -2.37. The number of likely N-dealkylation sites (N-methyl/N-ethyl adjacent to an activating group) is 2. The first kappa shape index (κ1) is 31.0. The lowest BCUT2D eigenvalue weighted by Crippen LogP contribution is -2.34. The monoisotopic (exact) mass is 638 g/mol. The second kappa shape index (κ2) is 12.5. The molecule has 0 aliphatic carbocycles. The SMILES string of the molecule is COc1ccc2cc1Oc1ccc(cc1)CC1c3cc(OC)c(OC)c(c3CCN1C)Oc1cc3c(c(O)c1OC)CCN(C)C3C2. The first-order chi connectivity index (χ1) is 22.8. The van der Waals surface area contributed by atoms with Gasteiger partial charge in [-0.1, -0.05) is 18.2 Å². The molecule has 0 spiro atoms. The summed E-state index contributed by atoms with van der Waals surface area (Å²) in [4.78, 5) is 4.69. The van der Waals surface area contributed by atoms with Crippen molar-refractivity contribution in [3.63, 3.8) is 0 Å². The minimum atomic E-state index is -0.0420. The van der Waals surface area contributed by atoms with Crippen LogP contribution >= 0.6 is 0 Å². The van der Waals surface area contributed by atoms with Crippen LogP contribution in [0, 0.1) is 0 Å². The molecule has 0 radical (unpaired) electrons. The zero-order valence-corrected chi connectivity index (χ0v) is 27.9. The van der Waals surface area contributed by atoms with E-state index < -0.39 is 0 Å². The molecule has 1 N–H and O–H groups in total. The van der Waals surface area contributed by atoms with Crippen molar-refractivity contribution < 1.29 is 33.5 Å². The van der Waals surface area contributed by atoms with E-state index >= 15 is 0 Å². The standard InChI is InChI=1S/C38H42N2O7/c1-39-15-13-25-27-21-34(37(44-5)35(25)41)47-36-26-14-16-40(2)29(28(26)20-33(43-4)38(36)45-6)17-22-7-10-24(11-8-22)46-32-19-23(18-30(27)39)9-12-31(32)42-3/h7-12,19-21,29-30,41H,13-18H2,1-6H3. The van der Waals surface area contributed by atoms with Crippen LogP contribution < -0.4 is 28.4 Å². The Morgan fingerprint density at radius 1 is 0.638 bits per heavy atom. The number of benzene rings is 4. The molecule has 4 aromatic rings. The van der Waals surface area contributed by atoms with Gasteiger partial charge in [-0.05, 0) is 98.4 Å². The quantitative estimate of drug-likeness (QED) is 0.258. The van der Waals surface area contributed by atoms with Gasteiger partial charge in [0.05, 0.1) is 28.4 Å². The van der Waals surface area contributed by atoms with Crippen molar-refractivity contribution in [2.24, 2.45) is 0 Å². The third-order valence-electron chi connectivity index (χ3n) is 9.99. The van der Waals surface area contributed by atoms with Crippen LogP contribution in [0.25, 0.3) is 0 Å². The van der Waals surface area contributed by atoms with Crippen molar-refractivity contribution >= 4 is 0 Å². The molecule has 9 heteroatoms. The van der Waals surface area contributed by atoms with E-state index in [4.69, 9.17) is 28.4 Å². The van der Waals surface area contributed by atoms with Crippen LogP contribution in [-0.4, -0.2) is 70.5 Å². The van der Waals surface area contributed by atoms with Gasteiger partial charge in [0.15, 0.2) is 34.5 Å². The molecule has 0 saturated carbocycles. The Balaban J connectivity index is 1.47. The molecular weight excluding hydrogens is 596 g/mol. The van der Waals surface area contributed by atoms with Crippen LogP contribution in [-0.2, 0) is 25.7 Å². The van der Waals surface area contributed by atoms with Crippen LogP contribution in [0.4, 0.5) is 0 Å². The van der Waals surface area contributed by atoms with Gasteiger partial charge in [-0.2, -0.15) is 0 Å². The first-order valence-corrected chi connectivity index (χ1v) is 16.1. The Hall–Kier alpha value is -4.60. The van der Waals surface area contributed by atoms with Crippen LogP contribution in [0.15, 0.2) is 54.6 Å². The molecule has 8 rings (SSSR count). The maximum Gasteiger partial charge on any atom is 0.204 e. The number of hydrogen-bond acceptors (Lipinski definition) is 9. The van der Waals surface area contributed by atoms with Crippen LogP contribution in [0.5, 0.6) is 51.7 Å². The topological polar surface area (TPSA) is 82.1 Å². The van der Waals surface area contributed by atoms with Gasteiger partial charge in [0.2, 0.25) is 11.5 Å². The summed E-state index contributed by atoms with van der Waals surface area (Å²) >= 11 is 0. The average molecular weight is 639 g/mol. The van der Waals surface area contributed by atoms with Crippen LogP contribution in [0.3, 0.4) is 0 Å². The summed E-state index contributed by atoms with van der Waals surface area (Å²) in [5.74, 6) is 4.59. The maximum atomic E-state index is 11.7. The van der Waals surface area contributed by atoms with Gasteiger partial charge in [0, 0.05) is 36.3 Å². The zero-order valence-electron chi connectivity index (χ0n) is 27.9. The van der Waals surface area contributed by atoms with Crippen molar-refractivity contribution in [3.8, 4) is 51.7 Å². The molecule has 10 bridgehead atoms. The highest BCUT2D eigenvalue weighted by molar-refractivity contribution is 5.65. The third kappa shape index (κ3) is 5.47. The molecule has 2 atom stereocenters. The van der Waals surface area contributed by atoms with Gasteiger partial charge in [-0.3, -0.25) is 9.80 Å². The molecule has 2 unspecified atom stereocenters. The summed E-state index contributed by atoms with van der Waals surface area (Å²) in [5, 5.41) is 11.7. The number of hydrogen-bond donors (Lipinski definition) is 1. The Bertz CT molecular complexity index is 1810. The van der Waals surface area contributed by atoms with Gasteiger partial charge >= 0.3 is 0 Å². The minimum absolute atomic E-state index is 0.0420. The molecule has 4 aromatic carbocycles. The van der Waals surface area contributed by atoms with Crippen molar-refractivity contribution in [1.82, 2.24) is 9.80 Å². The highest BCUT2D eigenvalue weighted by atomic mass is 16.5. The fourth-order valence-electron chi connectivity index (χ4n) is 7.40. The smallest absolute Gasteiger partial charge is 0.204 e. The molecule has 246 valence electrons. The highest BCUT2D eigenvalue weighted by Crippen LogP contribution is 2.53. The molecule has 4 heterocycles. The second-order valence-corrected chi connectivity index (χ2v) is 12.6. The number of phenolic OH excluding ortho intramolecular Hbond substituents is 1. The van der Waals surface area contributed by atoms with E-state index in [1.807, 2.05) is 30.3 Å². The highest BCUT2D eigenvalue weighted by Gasteiger charge is 2.35. The number of methoxy groups -OCH3 is 4. The molecule has 0 fully saturated rings. The summed E-state index contributed by atoms with van der Waals surface area (Å²) in [5.41, 5.74) is 6.29. The molecule has 4 aliphatic rings.